The van der Waals surface area contributed by atoms with Gasteiger partial charge in [0.1, 0.15) is 0 Å². The Bertz CT molecular complexity index is 486. The molecule has 0 atom stereocenters. The molecule has 0 saturated carbocycles. The molecule has 0 radical (unpaired) electrons. The molecule has 0 bridgehead atoms. The Morgan fingerprint density at radius 1 is 1.12 bits per heavy atom. The van der Waals surface area contributed by atoms with Gasteiger partial charge in [0.25, 0.3) is 0 Å². The van der Waals surface area contributed by atoms with Crippen LogP contribution in [0.15, 0.2) is 24.4 Å². The second-order valence-electron chi connectivity index (χ2n) is 3.18. The molecule has 2 rings (SSSR count). The lowest BCUT2D eigenvalue weighted by Gasteiger charge is -2.01. The minimum absolute atomic E-state index is 0.251. The summed E-state index contributed by atoms with van der Waals surface area (Å²) < 4.78 is 37.8. The van der Waals surface area contributed by atoms with Crippen molar-refractivity contribution in [3.8, 4) is 5.82 Å². The first-order valence-electron chi connectivity index (χ1n) is 4.40. The first-order valence-corrected chi connectivity index (χ1v) is 4.40. The van der Waals surface area contributed by atoms with Crippen molar-refractivity contribution in [2.45, 2.75) is 13.1 Å². The zero-order valence-electron chi connectivity index (χ0n) is 8.23. The topological polar surface area (TPSA) is 43.6 Å². The lowest BCUT2D eigenvalue weighted by molar-refractivity contribution is -0.141. The van der Waals surface area contributed by atoms with Crippen molar-refractivity contribution in [2.24, 2.45) is 0 Å². The number of rotatable bonds is 1. The molecule has 7 heteroatoms. The summed E-state index contributed by atoms with van der Waals surface area (Å²) in [4.78, 5) is 0. The monoisotopic (exact) mass is 228 g/mol. The summed E-state index contributed by atoms with van der Waals surface area (Å²) in [6.07, 6.45) is -3.24. The van der Waals surface area contributed by atoms with E-state index in [0.29, 0.717) is 5.69 Å². The van der Waals surface area contributed by atoms with Gasteiger partial charge in [-0.15, -0.1) is 5.10 Å². The molecule has 0 saturated heterocycles. The molecule has 0 aliphatic rings. The Labute approximate surface area is 88.7 Å². The van der Waals surface area contributed by atoms with Crippen molar-refractivity contribution in [3.63, 3.8) is 0 Å². The van der Waals surface area contributed by atoms with Gasteiger partial charge >= 0.3 is 6.18 Å². The van der Waals surface area contributed by atoms with E-state index in [1.165, 1.54) is 6.20 Å². The van der Waals surface area contributed by atoms with Crippen molar-refractivity contribution in [1.29, 1.82) is 0 Å². The van der Waals surface area contributed by atoms with Gasteiger partial charge < -0.3 is 0 Å². The molecule has 0 amide bonds. The van der Waals surface area contributed by atoms with E-state index >= 15 is 0 Å². The molecule has 16 heavy (non-hydrogen) atoms. The SMILES string of the molecule is Cc1ccc(-n2ccc(C(F)(F)F)n2)nn1. The fourth-order valence-corrected chi connectivity index (χ4v) is 1.12. The Balaban J connectivity index is 2.35. The average Bonchev–Trinajstić information content (AvgIpc) is 2.67. The number of nitrogens with zero attached hydrogens (tertiary/aromatic N) is 4. The fraction of sp³-hybridized carbons (Fsp3) is 0.222. The van der Waals surface area contributed by atoms with E-state index in [0.717, 1.165) is 10.7 Å². The minimum Gasteiger partial charge on any atom is -0.220 e. The number of aryl methyl sites for hydroxylation is 1. The van der Waals surface area contributed by atoms with E-state index in [-0.39, 0.29) is 5.82 Å². The first-order chi connectivity index (χ1) is 7.47. The number of hydrogen-bond donors (Lipinski definition) is 0. The van der Waals surface area contributed by atoms with E-state index in [4.69, 9.17) is 0 Å². The van der Waals surface area contributed by atoms with Gasteiger partial charge in [0.05, 0.1) is 5.69 Å². The van der Waals surface area contributed by atoms with Gasteiger partial charge in [-0.3, -0.25) is 0 Å². The summed E-state index contributed by atoms with van der Waals surface area (Å²) in [5, 5.41) is 10.8. The second-order valence-corrected chi connectivity index (χ2v) is 3.18. The van der Waals surface area contributed by atoms with Gasteiger partial charge in [-0.05, 0) is 25.1 Å². The van der Waals surface area contributed by atoms with Gasteiger partial charge in [-0.1, -0.05) is 0 Å². The molecule has 0 aromatic carbocycles. The molecule has 2 aromatic heterocycles. The van der Waals surface area contributed by atoms with Crippen LogP contribution in [-0.4, -0.2) is 20.0 Å². The maximum absolute atomic E-state index is 12.3. The van der Waals surface area contributed by atoms with Crippen LogP contribution >= 0.6 is 0 Å². The lowest BCUT2D eigenvalue weighted by Crippen LogP contribution is -2.08. The van der Waals surface area contributed by atoms with Crippen LogP contribution in [-0.2, 0) is 6.18 Å². The standard InChI is InChI=1S/C9H7F3N4/c1-6-2-3-8(14-13-6)16-5-4-7(15-16)9(10,11)12/h2-5H,1H3. The normalized spacial score (nSPS) is 11.8. The van der Waals surface area contributed by atoms with E-state index in [1.807, 2.05) is 0 Å². The van der Waals surface area contributed by atoms with Crippen molar-refractivity contribution in [1.82, 2.24) is 20.0 Å². The molecule has 84 valence electrons. The third-order valence-electron chi connectivity index (χ3n) is 1.90. The minimum atomic E-state index is -4.44. The number of hydrogen-bond acceptors (Lipinski definition) is 3. The van der Waals surface area contributed by atoms with Crippen LogP contribution in [0, 0.1) is 6.92 Å². The highest BCUT2D eigenvalue weighted by molar-refractivity contribution is 5.21. The first kappa shape index (κ1) is 10.6. The van der Waals surface area contributed by atoms with Crippen molar-refractivity contribution in [2.75, 3.05) is 0 Å². The van der Waals surface area contributed by atoms with Crippen LogP contribution in [0.1, 0.15) is 11.4 Å². The molecule has 2 aromatic rings. The number of aromatic nitrogens is 4. The molecule has 0 fully saturated rings. The molecule has 0 N–H and O–H groups in total. The Hall–Kier alpha value is -1.92. The van der Waals surface area contributed by atoms with Gasteiger partial charge in [0.2, 0.25) is 0 Å². The second kappa shape index (κ2) is 3.58. The van der Waals surface area contributed by atoms with Crippen LogP contribution in [0.2, 0.25) is 0 Å². The maximum atomic E-state index is 12.3. The summed E-state index contributed by atoms with van der Waals surface area (Å²) in [5.41, 5.74) is -0.262. The van der Waals surface area contributed by atoms with E-state index in [1.54, 1.807) is 19.1 Å². The van der Waals surface area contributed by atoms with Crippen LogP contribution in [0.25, 0.3) is 5.82 Å². The largest absolute Gasteiger partial charge is 0.435 e. The van der Waals surface area contributed by atoms with E-state index in [2.05, 4.69) is 15.3 Å². The number of halogens is 3. The molecule has 2 heterocycles. The molecule has 0 spiro atoms. The third kappa shape index (κ3) is 2.02. The fourth-order valence-electron chi connectivity index (χ4n) is 1.12. The summed E-state index contributed by atoms with van der Waals surface area (Å²) in [7, 11) is 0. The molecule has 0 aliphatic carbocycles. The molecule has 4 nitrogen and oxygen atoms in total. The van der Waals surface area contributed by atoms with Crippen LogP contribution in [0.5, 0.6) is 0 Å². The van der Waals surface area contributed by atoms with Crippen LogP contribution in [0.4, 0.5) is 13.2 Å². The summed E-state index contributed by atoms with van der Waals surface area (Å²) >= 11 is 0. The Kier molecular flexibility index (Phi) is 2.37. The highest BCUT2D eigenvalue weighted by Gasteiger charge is 2.33. The van der Waals surface area contributed by atoms with Gasteiger partial charge in [0.15, 0.2) is 11.5 Å². The molecule has 0 unspecified atom stereocenters. The molecule has 0 aliphatic heterocycles. The Morgan fingerprint density at radius 3 is 2.38 bits per heavy atom. The highest BCUT2D eigenvalue weighted by atomic mass is 19.4. The Morgan fingerprint density at radius 2 is 1.88 bits per heavy atom. The number of alkyl halides is 3. The lowest BCUT2D eigenvalue weighted by atomic mass is 10.4. The maximum Gasteiger partial charge on any atom is 0.435 e. The van der Waals surface area contributed by atoms with Crippen LogP contribution < -0.4 is 0 Å². The van der Waals surface area contributed by atoms with Crippen molar-refractivity contribution in [3.05, 3.63) is 35.8 Å². The summed E-state index contributed by atoms with van der Waals surface area (Å²) in [5.74, 6) is 0.251. The smallest absolute Gasteiger partial charge is 0.220 e. The highest BCUT2D eigenvalue weighted by Crippen LogP contribution is 2.27. The van der Waals surface area contributed by atoms with Gasteiger partial charge in [-0.25, -0.2) is 4.68 Å². The molecular weight excluding hydrogens is 221 g/mol. The summed E-state index contributed by atoms with van der Waals surface area (Å²) in [6.45, 7) is 1.74. The third-order valence-corrected chi connectivity index (χ3v) is 1.90. The predicted molar refractivity (Wildman–Crippen MR) is 48.9 cm³/mol. The molecular formula is C9H7F3N4. The predicted octanol–water partition coefficient (Wildman–Crippen LogP) is 1.99. The van der Waals surface area contributed by atoms with E-state index in [9.17, 15) is 13.2 Å². The summed E-state index contributed by atoms with van der Waals surface area (Å²) in [6, 6.07) is 4.09. The van der Waals surface area contributed by atoms with E-state index < -0.39 is 11.9 Å². The average molecular weight is 228 g/mol. The zero-order valence-corrected chi connectivity index (χ0v) is 8.23. The van der Waals surface area contributed by atoms with Crippen molar-refractivity contribution >= 4 is 0 Å². The van der Waals surface area contributed by atoms with Gasteiger partial charge in [0, 0.05) is 6.20 Å². The quantitative estimate of drug-likeness (QED) is 0.749. The zero-order chi connectivity index (χ0) is 11.8. The van der Waals surface area contributed by atoms with Gasteiger partial charge in [-0.2, -0.15) is 23.4 Å². The van der Waals surface area contributed by atoms with Crippen LogP contribution in [0.3, 0.4) is 0 Å². The van der Waals surface area contributed by atoms with Crippen molar-refractivity contribution < 1.29 is 13.2 Å².